The number of oxime groups is 1. The first kappa shape index (κ1) is 39.0. The molecule has 1 aliphatic rings. The van der Waals surface area contributed by atoms with E-state index in [2.05, 4.69) is 48.1 Å². The number of nitrogens with zero attached hydrogens (tertiary/aromatic N) is 4. The van der Waals surface area contributed by atoms with E-state index in [-0.39, 0.29) is 11.9 Å². The minimum absolute atomic E-state index is 0.0872. The summed E-state index contributed by atoms with van der Waals surface area (Å²) in [6, 6.07) is 0. The summed E-state index contributed by atoms with van der Waals surface area (Å²) in [4.78, 5) is 8.86. The molecule has 268 valence electrons. The summed E-state index contributed by atoms with van der Waals surface area (Å²) in [5.74, 6) is 0.940. The number of nitrogens with two attached hydrogens (primary N) is 1. The van der Waals surface area contributed by atoms with Gasteiger partial charge in [0.15, 0.2) is 12.1 Å². The van der Waals surface area contributed by atoms with Gasteiger partial charge in [0.1, 0.15) is 30.0 Å². The Morgan fingerprint density at radius 3 is 2.15 bits per heavy atom. The molecule has 2 aromatic rings. The van der Waals surface area contributed by atoms with Crippen LogP contribution < -0.4 is 11.1 Å². The van der Waals surface area contributed by atoms with Crippen LogP contribution in [0.5, 0.6) is 0 Å². The number of rotatable bonds is 25. The van der Waals surface area contributed by atoms with Crippen LogP contribution in [0.2, 0.25) is 0 Å². The number of amidine groups is 1. The van der Waals surface area contributed by atoms with E-state index in [0.717, 1.165) is 25.7 Å². The molecule has 11 heteroatoms. The molecule has 0 radical (unpaired) electrons. The molecule has 3 unspecified atom stereocenters. The van der Waals surface area contributed by atoms with Gasteiger partial charge in [-0.1, -0.05) is 116 Å². The monoisotopic (exact) mass is 660 g/mol. The Balaban J connectivity index is 1.46. The highest BCUT2D eigenvalue weighted by atomic mass is 16.6. The number of hydrogen-bond acceptors (Lipinski definition) is 9. The van der Waals surface area contributed by atoms with Crippen LogP contribution in [0.25, 0.3) is 11.0 Å². The second kappa shape index (κ2) is 21.5. The van der Waals surface area contributed by atoms with Gasteiger partial charge >= 0.3 is 0 Å². The average molecular weight is 661 g/mol. The van der Waals surface area contributed by atoms with Gasteiger partial charge in [-0.3, -0.25) is 0 Å². The molecule has 1 fully saturated rings. The summed E-state index contributed by atoms with van der Waals surface area (Å²) < 4.78 is 14.1. The van der Waals surface area contributed by atoms with Crippen LogP contribution in [-0.4, -0.2) is 73.4 Å². The fourth-order valence-corrected chi connectivity index (χ4v) is 6.45. The Bertz CT molecular complexity index is 1170. The maximum absolute atomic E-state index is 11.1. The highest BCUT2D eigenvalue weighted by Gasteiger charge is 2.45. The number of ether oxygens (including phenoxy) is 2. The predicted octanol–water partition coefficient (Wildman–Crippen LogP) is 7.27. The molecule has 1 saturated heterocycles. The molecular formula is C36H64N6O5. The van der Waals surface area contributed by atoms with Crippen molar-refractivity contribution < 1.29 is 24.9 Å². The zero-order valence-corrected chi connectivity index (χ0v) is 29.6. The number of anilines is 1. The molecule has 3 rings (SSSR count). The third-order valence-electron chi connectivity index (χ3n) is 9.42. The topological polar surface area (TPSA) is 160 Å². The Hall–Kier alpha value is -2.47. The van der Waals surface area contributed by atoms with Crippen LogP contribution in [0.15, 0.2) is 17.7 Å². The number of aliphatic hydroxyl groups is 2. The maximum Gasteiger partial charge on any atom is 0.172 e. The zero-order chi connectivity index (χ0) is 34.0. The van der Waals surface area contributed by atoms with Gasteiger partial charge in [-0.15, -0.1) is 0 Å². The van der Waals surface area contributed by atoms with Crippen molar-refractivity contribution in [1.29, 1.82) is 0 Å². The molecule has 0 aromatic carbocycles. The normalized spacial score (nSPS) is 20.9. The van der Waals surface area contributed by atoms with Crippen LogP contribution in [0.4, 0.5) is 5.82 Å². The first-order chi connectivity index (χ1) is 22.8. The van der Waals surface area contributed by atoms with E-state index in [1.807, 2.05) is 0 Å². The van der Waals surface area contributed by atoms with Gasteiger partial charge in [0.05, 0.1) is 23.2 Å². The minimum atomic E-state index is -1.20. The summed E-state index contributed by atoms with van der Waals surface area (Å²) in [7, 11) is 0. The molecule has 0 saturated carbocycles. The lowest BCUT2D eigenvalue weighted by Gasteiger charge is -2.22. The van der Waals surface area contributed by atoms with Crippen LogP contribution in [-0.2, 0) is 9.47 Å². The number of nitrogens with one attached hydrogen (secondary N) is 1. The van der Waals surface area contributed by atoms with Gasteiger partial charge in [0.25, 0.3) is 0 Å². The van der Waals surface area contributed by atoms with Crippen LogP contribution in [0, 0.1) is 5.92 Å². The Morgan fingerprint density at radius 1 is 0.957 bits per heavy atom. The molecule has 11 nitrogen and oxygen atoms in total. The Kier molecular flexibility index (Phi) is 17.8. The third-order valence-corrected chi connectivity index (χ3v) is 9.42. The summed E-state index contributed by atoms with van der Waals surface area (Å²) >= 11 is 0. The predicted molar refractivity (Wildman–Crippen MR) is 189 cm³/mol. The van der Waals surface area contributed by atoms with Crippen molar-refractivity contribution in [3.63, 3.8) is 0 Å². The van der Waals surface area contributed by atoms with Gasteiger partial charge < -0.3 is 40.5 Å². The lowest BCUT2D eigenvalue weighted by Crippen LogP contribution is -2.34. The lowest BCUT2D eigenvalue weighted by molar-refractivity contribution is -0.0605. The Labute approximate surface area is 282 Å². The van der Waals surface area contributed by atoms with E-state index < -0.39 is 24.5 Å². The van der Waals surface area contributed by atoms with Gasteiger partial charge in [0, 0.05) is 25.8 Å². The van der Waals surface area contributed by atoms with Crippen molar-refractivity contribution in [2.75, 3.05) is 18.5 Å². The smallest absolute Gasteiger partial charge is 0.172 e. The summed E-state index contributed by atoms with van der Waals surface area (Å²) in [5.41, 5.74) is 6.91. The third kappa shape index (κ3) is 12.2. The standard InChI is InChI=1S/C36H64N6O5/c1-5-7-8-9-10-11-12-13-14-15-16-17-18-19-22-46-27(6-2)23-29-31(43)32(44)36(47-29)42-24-28(33(37)41-45)30-34(38-21-20-26(3)4)39-25-40-35(30)42/h24-27,29,31-32,36,43-45H,5-23H2,1-4H3,(H2,37,41)(H,38,39,40)/t27?,29?,31?,32-,36-/m1/s1. The number of unbranched alkanes of at least 4 members (excludes halogenated alkanes) is 13. The van der Waals surface area contributed by atoms with Gasteiger partial charge in [0.2, 0.25) is 0 Å². The maximum atomic E-state index is 11.1. The van der Waals surface area contributed by atoms with Gasteiger partial charge in [-0.05, 0) is 25.2 Å². The SMILES string of the molecule is CCCCCCCCCCCCCCCCOC(CC)CC1O[C@@H](n2cc(C(N)=NO)c3c(NCCC(C)C)ncnc32)[C@H](O)C1O. The molecule has 0 amide bonds. The van der Waals surface area contributed by atoms with Crippen molar-refractivity contribution in [3.05, 3.63) is 18.1 Å². The van der Waals surface area contributed by atoms with Crippen molar-refractivity contribution in [2.24, 2.45) is 16.8 Å². The summed E-state index contributed by atoms with van der Waals surface area (Å²) in [5, 5.41) is 38.7. The summed E-state index contributed by atoms with van der Waals surface area (Å²) in [6.45, 7) is 9.99. The van der Waals surface area contributed by atoms with Crippen molar-refractivity contribution >= 4 is 22.7 Å². The lowest BCUT2D eigenvalue weighted by atomic mass is 10.0. The number of fused-ring (bicyclic) bond motifs is 1. The molecule has 47 heavy (non-hydrogen) atoms. The van der Waals surface area contributed by atoms with E-state index in [4.69, 9.17) is 15.2 Å². The average Bonchev–Trinajstić information content (AvgIpc) is 3.58. The first-order valence-corrected chi connectivity index (χ1v) is 18.5. The highest BCUT2D eigenvalue weighted by Crippen LogP contribution is 2.37. The fraction of sp³-hybridized carbons (Fsp3) is 0.806. The zero-order valence-electron chi connectivity index (χ0n) is 29.6. The van der Waals surface area contributed by atoms with E-state index in [9.17, 15) is 15.4 Å². The van der Waals surface area contributed by atoms with Crippen molar-refractivity contribution in [2.45, 2.75) is 167 Å². The largest absolute Gasteiger partial charge is 0.409 e. The van der Waals surface area contributed by atoms with Crippen LogP contribution in [0.3, 0.4) is 0 Å². The van der Waals surface area contributed by atoms with Crippen molar-refractivity contribution in [1.82, 2.24) is 14.5 Å². The summed E-state index contributed by atoms with van der Waals surface area (Å²) in [6.07, 6.45) is 19.8. The molecule has 1 aliphatic heterocycles. The van der Waals surface area contributed by atoms with E-state index in [0.29, 0.717) is 47.9 Å². The molecule has 5 atom stereocenters. The van der Waals surface area contributed by atoms with E-state index >= 15 is 0 Å². The molecular weight excluding hydrogens is 596 g/mol. The first-order valence-electron chi connectivity index (χ1n) is 18.5. The molecule has 2 aromatic heterocycles. The molecule has 0 bridgehead atoms. The van der Waals surface area contributed by atoms with Crippen LogP contribution >= 0.6 is 0 Å². The van der Waals surface area contributed by atoms with E-state index in [1.54, 1.807) is 10.8 Å². The quantitative estimate of drug-likeness (QED) is 0.0243. The molecule has 0 spiro atoms. The number of hydrogen-bond donors (Lipinski definition) is 5. The van der Waals surface area contributed by atoms with Gasteiger partial charge in [-0.25, -0.2) is 9.97 Å². The molecule has 6 N–H and O–H groups in total. The van der Waals surface area contributed by atoms with Gasteiger partial charge in [-0.2, -0.15) is 0 Å². The van der Waals surface area contributed by atoms with Crippen molar-refractivity contribution in [3.8, 4) is 0 Å². The minimum Gasteiger partial charge on any atom is -0.409 e. The number of aliphatic hydroxyl groups excluding tert-OH is 2. The second-order valence-electron chi connectivity index (χ2n) is 13.7. The Morgan fingerprint density at radius 2 is 1.57 bits per heavy atom. The fourth-order valence-electron chi connectivity index (χ4n) is 6.45. The van der Waals surface area contributed by atoms with Crippen LogP contribution in [0.1, 0.15) is 149 Å². The molecule has 0 aliphatic carbocycles. The van der Waals surface area contributed by atoms with E-state index in [1.165, 1.54) is 83.4 Å². The number of aromatic nitrogens is 3. The molecule has 3 heterocycles. The second-order valence-corrected chi connectivity index (χ2v) is 13.7. The highest BCUT2D eigenvalue weighted by molar-refractivity contribution is 6.11.